The Morgan fingerprint density at radius 1 is 1.29 bits per heavy atom. The molecule has 0 bridgehead atoms. The van der Waals surface area contributed by atoms with Crippen molar-refractivity contribution in [3.05, 3.63) is 34.4 Å². The van der Waals surface area contributed by atoms with Gasteiger partial charge in [0.1, 0.15) is 5.69 Å². The second-order valence-electron chi connectivity index (χ2n) is 4.30. The van der Waals surface area contributed by atoms with Gasteiger partial charge in [0.25, 0.3) is 5.69 Å². The molecule has 2 N–H and O–H groups in total. The fourth-order valence-electron chi connectivity index (χ4n) is 2.14. The summed E-state index contributed by atoms with van der Waals surface area (Å²) in [6, 6.07) is 7.15. The van der Waals surface area contributed by atoms with Gasteiger partial charge in [0, 0.05) is 12.1 Å². The Kier molecular flexibility index (Phi) is 3.93. The molecular weight excluding hydrogens is 218 g/mol. The highest BCUT2D eigenvalue weighted by Crippen LogP contribution is 2.25. The van der Waals surface area contributed by atoms with E-state index in [1.54, 1.807) is 12.1 Å². The first-order valence-electron chi connectivity index (χ1n) is 5.98. The zero-order chi connectivity index (χ0) is 12.1. The monoisotopic (exact) mass is 235 g/mol. The van der Waals surface area contributed by atoms with Crippen molar-refractivity contribution in [1.82, 2.24) is 5.32 Å². The molecule has 0 aliphatic carbocycles. The number of para-hydroxylation sites is 2. The number of anilines is 1. The zero-order valence-electron chi connectivity index (χ0n) is 9.69. The molecule has 2 rings (SSSR count). The van der Waals surface area contributed by atoms with Crippen LogP contribution in [-0.2, 0) is 0 Å². The topological polar surface area (TPSA) is 67.2 Å². The van der Waals surface area contributed by atoms with E-state index >= 15 is 0 Å². The molecule has 0 aromatic heterocycles. The highest BCUT2D eigenvalue weighted by molar-refractivity contribution is 5.61. The van der Waals surface area contributed by atoms with E-state index in [-0.39, 0.29) is 10.6 Å². The quantitative estimate of drug-likeness (QED) is 0.622. The second kappa shape index (κ2) is 5.63. The van der Waals surface area contributed by atoms with Crippen LogP contribution in [0.25, 0.3) is 0 Å². The summed E-state index contributed by atoms with van der Waals surface area (Å²) < 4.78 is 0. The first-order valence-corrected chi connectivity index (χ1v) is 5.98. The molecule has 1 aromatic carbocycles. The van der Waals surface area contributed by atoms with E-state index in [1.165, 1.54) is 6.07 Å². The molecule has 0 saturated carbocycles. The van der Waals surface area contributed by atoms with Crippen molar-refractivity contribution in [2.45, 2.75) is 25.3 Å². The Hall–Kier alpha value is -1.62. The number of nitro groups is 1. The number of hydrogen-bond donors (Lipinski definition) is 2. The van der Waals surface area contributed by atoms with E-state index < -0.39 is 0 Å². The Morgan fingerprint density at radius 2 is 2.12 bits per heavy atom. The van der Waals surface area contributed by atoms with E-state index in [2.05, 4.69) is 10.6 Å². The summed E-state index contributed by atoms with van der Waals surface area (Å²) in [4.78, 5) is 10.5. The molecule has 5 heteroatoms. The third-order valence-corrected chi connectivity index (χ3v) is 3.04. The maximum Gasteiger partial charge on any atom is 0.292 e. The van der Waals surface area contributed by atoms with Crippen molar-refractivity contribution >= 4 is 11.4 Å². The molecule has 1 aromatic rings. The molecule has 0 amide bonds. The van der Waals surface area contributed by atoms with Gasteiger partial charge in [0.2, 0.25) is 0 Å². The Labute approximate surface area is 100 Å². The lowest BCUT2D eigenvalue weighted by Crippen LogP contribution is -2.21. The minimum Gasteiger partial charge on any atom is -0.377 e. The summed E-state index contributed by atoms with van der Waals surface area (Å²) in [7, 11) is 0. The SMILES string of the molecule is O=[N+]([O-])c1ccccc1NC1CCCNCC1. The van der Waals surface area contributed by atoms with Crippen LogP contribution in [-0.4, -0.2) is 24.1 Å². The van der Waals surface area contributed by atoms with Crippen molar-refractivity contribution < 1.29 is 4.92 Å². The third kappa shape index (κ3) is 3.17. The molecule has 5 nitrogen and oxygen atoms in total. The Bertz CT molecular complexity index is 387. The van der Waals surface area contributed by atoms with Crippen LogP contribution >= 0.6 is 0 Å². The molecule has 1 saturated heterocycles. The summed E-state index contributed by atoms with van der Waals surface area (Å²) in [6.07, 6.45) is 3.17. The van der Waals surface area contributed by atoms with Crippen molar-refractivity contribution in [3.8, 4) is 0 Å². The van der Waals surface area contributed by atoms with Crippen LogP contribution in [0.3, 0.4) is 0 Å². The van der Waals surface area contributed by atoms with Gasteiger partial charge in [-0.15, -0.1) is 0 Å². The lowest BCUT2D eigenvalue weighted by molar-refractivity contribution is -0.384. The molecule has 1 aliphatic rings. The highest BCUT2D eigenvalue weighted by Gasteiger charge is 2.17. The fraction of sp³-hybridized carbons (Fsp3) is 0.500. The van der Waals surface area contributed by atoms with Crippen LogP contribution in [0.1, 0.15) is 19.3 Å². The first-order chi connectivity index (χ1) is 8.27. The van der Waals surface area contributed by atoms with Crippen LogP contribution in [0, 0.1) is 10.1 Å². The Morgan fingerprint density at radius 3 is 2.94 bits per heavy atom. The molecule has 1 unspecified atom stereocenters. The van der Waals surface area contributed by atoms with E-state index in [9.17, 15) is 10.1 Å². The summed E-state index contributed by atoms with van der Waals surface area (Å²) >= 11 is 0. The largest absolute Gasteiger partial charge is 0.377 e. The Balaban J connectivity index is 2.09. The standard InChI is InChI=1S/C12H17N3O2/c16-15(17)12-6-2-1-5-11(12)14-10-4-3-8-13-9-7-10/h1-2,5-6,10,13-14H,3-4,7-9H2. The van der Waals surface area contributed by atoms with Crippen molar-refractivity contribution in [2.24, 2.45) is 0 Å². The fourth-order valence-corrected chi connectivity index (χ4v) is 2.14. The molecule has 92 valence electrons. The lowest BCUT2D eigenvalue weighted by Gasteiger charge is -2.17. The summed E-state index contributed by atoms with van der Waals surface area (Å²) in [5.41, 5.74) is 0.786. The molecular formula is C12H17N3O2. The predicted molar refractivity (Wildman–Crippen MR) is 67.2 cm³/mol. The van der Waals surface area contributed by atoms with Gasteiger partial charge in [0.15, 0.2) is 0 Å². The normalized spacial score (nSPS) is 20.6. The average molecular weight is 235 g/mol. The molecule has 0 radical (unpaired) electrons. The minimum atomic E-state index is -0.336. The van der Waals surface area contributed by atoms with E-state index in [1.807, 2.05) is 6.07 Å². The van der Waals surface area contributed by atoms with Crippen molar-refractivity contribution in [3.63, 3.8) is 0 Å². The van der Waals surface area contributed by atoms with Gasteiger partial charge < -0.3 is 10.6 Å². The highest BCUT2D eigenvalue weighted by atomic mass is 16.6. The molecule has 1 atom stereocenters. The number of benzene rings is 1. The van der Waals surface area contributed by atoms with E-state index in [4.69, 9.17) is 0 Å². The predicted octanol–water partition coefficient (Wildman–Crippen LogP) is 2.15. The average Bonchev–Trinajstić information content (AvgIpc) is 2.58. The van der Waals surface area contributed by atoms with Crippen LogP contribution in [0.5, 0.6) is 0 Å². The lowest BCUT2D eigenvalue weighted by atomic mass is 10.1. The van der Waals surface area contributed by atoms with Gasteiger partial charge in [0.05, 0.1) is 4.92 Å². The number of nitrogens with one attached hydrogen (secondary N) is 2. The number of rotatable bonds is 3. The van der Waals surface area contributed by atoms with Crippen LogP contribution in [0.2, 0.25) is 0 Å². The molecule has 0 spiro atoms. The molecule has 1 heterocycles. The van der Waals surface area contributed by atoms with Crippen molar-refractivity contribution in [1.29, 1.82) is 0 Å². The number of nitrogens with zero attached hydrogens (tertiary/aromatic N) is 1. The van der Waals surface area contributed by atoms with Gasteiger partial charge in [-0.05, 0) is 38.4 Å². The van der Waals surface area contributed by atoms with Gasteiger partial charge in [-0.3, -0.25) is 10.1 Å². The smallest absolute Gasteiger partial charge is 0.292 e. The van der Waals surface area contributed by atoms with Gasteiger partial charge in [-0.1, -0.05) is 12.1 Å². The first kappa shape index (κ1) is 11.9. The summed E-state index contributed by atoms with van der Waals surface area (Å²) in [6.45, 7) is 2.01. The van der Waals surface area contributed by atoms with Crippen LogP contribution in [0.15, 0.2) is 24.3 Å². The van der Waals surface area contributed by atoms with Gasteiger partial charge in [-0.2, -0.15) is 0 Å². The second-order valence-corrected chi connectivity index (χ2v) is 4.30. The van der Waals surface area contributed by atoms with E-state index in [0.717, 1.165) is 32.4 Å². The van der Waals surface area contributed by atoms with Crippen LogP contribution < -0.4 is 10.6 Å². The minimum absolute atomic E-state index is 0.157. The van der Waals surface area contributed by atoms with E-state index in [0.29, 0.717) is 11.7 Å². The van der Waals surface area contributed by atoms with Crippen molar-refractivity contribution in [2.75, 3.05) is 18.4 Å². The maximum atomic E-state index is 10.9. The van der Waals surface area contributed by atoms with Gasteiger partial charge >= 0.3 is 0 Å². The summed E-state index contributed by atoms with van der Waals surface area (Å²) in [5, 5.41) is 17.5. The van der Waals surface area contributed by atoms with Gasteiger partial charge in [-0.25, -0.2) is 0 Å². The molecule has 1 aliphatic heterocycles. The molecule has 1 fully saturated rings. The third-order valence-electron chi connectivity index (χ3n) is 3.04. The zero-order valence-corrected chi connectivity index (χ0v) is 9.69. The van der Waals surface area contributed by atoms with Crippen LogP contribution in [0.4, 0.5) is 11.4 Å². The molecule has 17 heavy (non-hydrogen) atoms. The maximum absolute atomic E-state index is 10.9. The summed E-state index contributed by atoms with van der Waals surface area (Å²) in [5.74, 6) is 0. The number of nitro benzene ring substituents is 1. The number of hydrogen-bond acceptors (Lipinski definition) is 4.